The number of carbonyl (C=O) groups is 1. The number of urea groups is 1. The number of para-hydroxylation sites is 1. The van der Waals surface area contributed by atoms with Gasteiger partial charge in [0.2, 0.25) is 0 Å². The van der Waals surface area contributed by atoms with Crippen molar-refractivity contribution in [1.82, 2.24) is 10.2 Å². The number of rotatable bonds is 8. The first-order chi connectivity index (χ1) is 11.6. The van der Waals surface area contributed by atoms with Gasteiger partial charge < -0.3 is 15.5 Å². The minimum absolute atomic E-state index is 0.151. The average molecular weight is 343 g/mol. The summed E-state index contributed by atoms with van der Waals surface area (Å²) in [5.74, 6) is 0.879. The second kappa shape index (κ2) is 10.0. The molecule has 2 aromatic carbocycles. The minimum Gasteiger partial charge on any atom is -0.338 e. The summed E-state index contributed by atoms with van der Waals surface area (Å²) >= 11 is 1.73. The molecule has 0 bridgehead atoms. The molecule has 24 heavy (non-hydrogen) atoms. The van der Waals surface area contributed by atoms with Gasteiger partial charge in [-0.25, -0.2) is 4.79 Å². The molecule has 2 amide bonds. The van der Waals surface area contributed by atoms with Crippen molar-refractivity contribution in [3.63, 3.8) is 0 Å². The van der Waals surface area contributed by atoms with E-state index in [9.17, 15) is 4.79 Å². The third kappa shape index (κ3) is 6.64. The molecule has 0 aliphatic rings. The molecule has 0 heterocycles. The zero-order valence-corrected chi connectivity index (χ0v) is 15.1. The maximum atomic E-state index is 12.0. The van der Waals surface area contributed by atoms with Crippen molar-refractivity contribution in [1.29, 1.82) is 0 Å². The molecule has 0 radical (unpaired) electrons. The van der Waals surface area contributed by atoms with Crippen LogP contribution in [0.5, 0.6) is 0 Å². The van der Waals surface area contributed by atoms with E-state index in [4.69, 9.17) is 0 Å². The van der Waals surface area contributed by atoms with Crippen molar-refractivity contribution >= 4 is 23.5 Å². The Morgan fingerprint density at radius 3 is 2.50 bits per heavy atom. The fourth-order valence-electron chi connectivity index (χ4n) is 2.19. The maximum absolute atomic E-state index is 12.0. The number of nitrogens with zero attached hydrogens (tertiary/aromatic N) is 1. The number of amides is 2. The molecule has 0 saturated heterocycles. The van der Waals surface area contributed by atoms with Crippen LogP contribution in [0.3, 0.4) is 0 Å². The number of benzene rings is 2. The lowest BCUT2D eigenvalue weighted by atomic mass is 10.2. The molecule has 2 N–H and O–H groups in total. The summed E-state index contributed by atoms with van der Waals surface area (Å²) in [6, 6.07) is 18.1. The highest BCUT2D eigenvalue weighted by atomic mass is 32.2. The van der Waals surface area contributed by atoms with Crippen LogP contribution >= 0.6 is 11.8 Å². The quantitative estimate of drug-likeness (QED) is 0.561. The molecule has 0 fully saturated rings. The SMILES string of the molecule is CN(C)CCCNC(=O)Nc1ccccc1SCc1ccccc1. The normalized spacial score (nSPS) is 10.6. The van der Waals surface area contributed by atoms with E-state index < -0.39 is 0 Å². The molecule has 5 heteroatoms. The molecule has 2 aromatic rings. The van der Waals surface area contributed by atoms with Gasteiger partial charge >= 0.3 is 6.03 Å². The van der Waals surface area contributed by atoms with E-state index in [1.807, 2.05) is 56.6 Å². The molecular weight excluding hydrogens is 318 g/mol. The lowest BCUT2D eigenvalue weighted by Gasteiger charge is -2.13. The minimum atomic E-state index is -0.151. The summed E-state index contributed by atoms with van der Waals surface area (Å²) in [5.41, 5.74) is 2.12. The zero-order chi connectivity index (χ0) is 17.2. The Kier molecular flexibility index (Phi) is 7.65. The largest absolute Gasteiger partial charge is 0.338 e. The van der Waals surface area contributed by atoms with Crippen LogP contribution in [0.25, 0.3) is 0 Å². The summed E-state index contributed by atoms with van der Waals surface area (Å²) in [5, 5.41) is 5.85. The molecule has 2 rings (SSSR count). The second-order valence-electron chi connectivity index (χ2n) is 5.81. The molecule has 0 aliphatic carbocycles. The van der Waals surface area contributed by atoms with E-state index >= 15 is 0 Å². The average Bonchev–Trinajstić information content (AvgIpc) is 2.59. The highest BCUT2D eigenvalue weighted by Gasteiger charge is 2.07. The molecular formula is C19H25N3OS. The van der Waals surface area contributed by atoms with Gasteiger partial charge in [-0.3, -0.25) is 0 Å². The van der Waals surface area contributed by atoms with Crippen LogP contribution in [0.4, 0.5) is 10.5 Å². The van der Waals surface area contributed by atoms with Crippen LogP contribution in [0, 0.1) is 0 Å². The first-order valence-corrected chi connectivity index (χ1v) is 9.09. The van der Waals surface area contributed by atoms with Crippen molar-refractivity contribution < 1.29 is 4.79 Å². The van der Waals surface area contributed by atoms with E-state index in [1.54, 1.807) is 11.8 Å². The van der Waals surface area contributed by atoms with Crippen molar-refractivity contribution in [2.75, 3.05) is 32.5 Å². The monoisotopic (exact) mass is 343 g/mol. The third-order valence-corrected chi connectivity index (χ3v) is 4.58. The first kappa shape index (κ1) is 18.4. The lowest BCUT2D eigenvalue weighted by Crippen LogP contribution is -2.31. The van der Waals surface area contributed by atoms with Gasteiger partial charge in [-0.1, -0.05) is 42.5 Å². The lowest BCUT2D eigenvalue weighted by molar-refractivity contribution is 0.251. The number of nitrogens with one attached hydrogen (secondary N) is 2. The Morgan fingerprint density at radius 1 is 1.04 bits per heavy atom. The topological polar surface area (TPSA) is 44.4 Å². The van der Waals surface area contributed by atoms with Gasteiger partial charge in [-0.05, 0) is 44.8 Å². The Morgan fingerprint density at radius 2 is 1.75 bits per heavy atom. The van der Waals surface area contributed by atoms with E-state index in [-0.39, 0.29) is 6.03 Å². The second-order valence-corrected chi connectivity index (χ2v) is 6.83. The molecule has 0 aromatic heterocycles. The predicted molar refractivity (Wildman–Crippen MR) is 103 cm³/mol. The molecule has 0 atom stereocenters. The van der Waals surface area contributed by atoms with E-state index in [0.717, 1.165) is 29.3 Å². The predicted octanol–water partition coefficient (Wildman–Crippen LogP) is 4.05. The molecule has 0 spiro atoms. The van der Waals surface area contributed by atoms with Gasteiger partial charge in [0.15, 0.2) is 0 Å². The Hall–Kier alpha value is -1.98. The standard InChI is InChI=1S/C19H25N3OS/c1-22(2)14-8-13-20-19(23)21-17-11-6-7-12-18(17)24-15-16-9-4-3-5-10-16/h3-7,9-12H,8,13-15H2,1-2H3,(H2,20,21,23). The Balaban J connectivity index is 1.85. The summed E-state index contributed by atoms with van der Waals surface area (Å²) in [6.07, 6.45) is 0.935. The zero-order valence-electron chi connectivity index (χ0n) is 14.3. The Labute approximate surface area is 148 Å². The van der Waals surface area contributed by atoms with Gasteiger partial charge in [-0.2, -0.15) is 0 Å². The molecule has 0 saturated carbocycles. The van der Waals surface area contributed by atoms with Gasteiger partial charge in [0.1, 0.15) is 0 Å². The summed E-state index contributed by atoms with van der Waals surface area (Å²) in [6.45, 7) is 1.63. The molecule has 128 valence electrons. The van der Waals surface area contributed by atoms with E-state index in [2.05, 4.69) is 27.7 Å². The molecule has 0 unspecified atom stereocenters. The van der Waals surface area contributed by atoms with Crippen LogP contribution in [0.1, 0.15) is 12.0 Å². The van der Waals surface area contributed by atoms with Crippen molar-refractivity contribution in [2.24, 2.45) is 0 Å². The summed E-state index contributed by atoms with van der Waals surface area (Å²) in [4.78, 5) is 15.2. The summed E-state index contributed by atoms with van der Waals surface area (Å²) < 4.78 is 0. The van der Waals surface area contributed by atoms with Crippen LogP contribution in [-0.4, -0.2) is 38.1 Å². The van der Waals surface area contributed by atoms with Crippen LogP contribution < -0.4 is 10.6 Å². The van der Waals surface area contributed by atoms with Crippen LogP contribution in [0.2, 0.25) is 0 Å². The Bertz CT molecular complexity index is 632. The highest BCUT2D eigenvalue weighted by Crippen LogP contribution is 2.29. The maximum Gasteiger partial charge on any atom is 0.319 e. The number of hydrogen-bond acceptors (Lipinski definition) is 3. The number of anilines is 1. The van der Waals surface area contributed by atoms with E-state index in [1.165, 1.54) is 5.56 Å². The van der Waals surface area contributed by atoms with Gasteiger partial charge in [-0.15, -0.1) is 11.8 Å². The number of carbonyl (C=O) groups excluding carboxylic acids is 1. The van der Waals surface area contributed by atoms with Crippen molar-refractivity contribution in [3.05, 3.63) is 60.2 Å². The number of hydrogen-bond donors (Lipinski definition) is 2. The van der Waals surface area contributed by atoms with E-state index in [0.29, 0.717) is 6.54 Å². The fraction of sp³-hybridized carbons (Fsp3) is 0.316. The third-order valence-electron chi connectivity index (χ3n) is 3.44. The van der Waals surface area contributed by atoms with Crippen molar-refractivity contribution in [3.8, 4) is 0 Å². The number of thioether (sulfide) groups is 1. The van der Waals surface area contributed by atoms with Gasteiger partial charge in [0, 0.05) is 17.2 Å². The van der Waals surface area contributed by atoms with Crippen molar-refractivity contribution in [2.45, 2.75) is 17.1 Å². The van der Waals surface area contributed by atoms with Gasteiger partial charge in [0.25, 0.3) is 0 Å². The van der Waals surface area contributed by atoms with Crippen LogP contribution in [-0.2, 0) is 5.75 Å². The highest BCUT2D eigenvalue weighted by molar-refractivity contribution is 7.98. The molecule has 0 aliphatic heterocycles. The first-order valence-electron chi connectivity index (χ1n) is 8.10. The fourth-order valence-corrected chi connectivity index (χ4v) is 3.16. The summed E-state index contributed by atoms with van der Waals surface area (Å²) in [7, 11) is 4.06. The molecule has 4 nitrogen and oxygen atoms in total. The van der Waals surface area contributed by atoms with Gasteiger partial charge in [0.05, 0.1) is 5.69 Å². The smallest absolute Gasteiger partial charge is 0.319 e. The van der Waals surface area contributed by atoms with Crippen LogP contribution in [0.15, 0.2) is 59.5 Å².